The fraction of sp³-hybridized carbons (Fsp3) is 0.455. The average Bonchev–Trinajstić information content (AvgIpc) is 2.74. The second-order valence-electron chi connectivity index (χ2n) is 7.03. The molecule has 2 aromatic rings. The fourth-order valence-corrected chi connectivity index (χ4v) is 3.26. The molecular formula is C22H29N3O3. The molecule has 0 atom stereocenters. The number of nitrogens with zero attached hydrogens (tertiary/aromatic N) is 3. The van der Waals surface area contributed by atoms with Gasteiger partial charge in [-0.1, -0.05) is 18.2 Å². The van der Waals surface area contributed by atoms with Gasteiger partial charge >= 0.3 is 0 Å². The van der Waals surface area contributed by atoms with Crippen molar-refractivity contribution in [3.63, 3.8) is 0 Å². The molecule has 0 bridgehead atoms. The molecule has 0 spiro atoms. The van der Waals surface area contributed by atoms with Crippen molar-refractivity contribution in [2.45, 2.75) is 19.9 Å². The van der Waals surface area contributed by atoms with Gasteiger partial charge < -0.3 is 14.4 Å². The second-order valence-corrected chi connectivity index (χ2v) is 7.03. The minimum Gasteiger partial charge on any atom is -0.484 e. The molecule has 28 heavy (non-hydrogen) atoms. The Labute approximate surface area is 167 Å². The molecule has 1 fully saturated rings. The highest BCUT2D eigenvalue weighted by Crippen LogP contribution is 2.16. The first kappa shape index (κ1) is 20.3. The van der Waals surface area contributed by atoms with E-state index in [0.29, 0.717) is 13.1 Å². The molecule has 1 amide bonds. The van der Waals surface area contributed by atoms with Crippen molar-refractivity contribution in [2.24, 2.45) is 0 Å². The third kappa shape index (κ3) is 6.32. The predicted octanol–water partition coefficient (Wildman–Crippen LogP) is 2.52. The number of hydrogen-bond donors (Lipinski definition) is 0. The van der Waals surface area contributed by atoms with Crippen LogP contribution in [0.3, 0.4) is 0 Å². The highest BCUT2D eigenvalue weighted by Gasteiger charge is 2.17. The lowest BCUT2D eigenvalue weighted by atomic mass is 10.2. The van der Waals surface area contributed by atoms with Crippen LogP contribution in [0.2, 0.25) is 0 Å². The average molecular weight is 383 g/mol. The summed E-state index contributed by atoms with van der Waals surface area (Å²) < 4.78 is 11.2. The Morgan fingerprint density at radius 2 is 1.93 bits per heavy atom. The Morgan fingerprint density at radius 1 is 1.18 bits per heavy atom. The lowest BCUT2D eigenvalue weighted by Crippen LogP contribution is -2.40. The van der Waals surface area contributed by atoms with Crippen LogP contribution in [0.5, 0.6) is 5.75 Å². The largest absolute Gasteiger partial charge is 0.484 e. The van der Waals surface area contributed by atoms with Gasteiger partial charge in [-0.2, -0.15) is 0 Å². The van der Waals surface area contributed by atoms with E-state index in [2.05, 4.69) is 9.88 Å². The molecule has 0 unspecified atom stereocenters. The molecule has 2 heterocycles. The van der Waals surface area contributed by atoms with Gasteiger partial charge in [0.05, 0.1) is 13.2 Å². The van der Waals surface area contributed by atoms with E-state index < -0.39 is 0 Å². The van der Waals surface area contributed by atoms with Crippen LogP contribution < -0.4 is 4.74 Å². The molecule has 1 aliphatic rings. The van der Waals surface area contributed by atoms with Gasteiger partial charge in [0.1, 0.15) is 5.75 Å². The van der Waals surface area contributed by atoms with Crippen LogP contribution in [0.15, 0.2) is 48.8 Å². The number of carbonyl (C=O) groups excluding carboxylic acids is 1. The van der Waals surface area contributed by atoms with Gasteiger partial charge in [0, 0.05) is 45.1 Å². The Bertz CT molecular complexity index is 733. The minimum atomic E-state index is 0.00189. The summed E-state index contributed by atoms with van der Waals surface area (Å²) in [6.45, 7) is 7.81. The van der Waals surface area contributed by atoms with Crippen molar-refractivity contribution in [3.05, 3.63) is 59.9 Å². The Hall–Kier alpha value is -2.44. The number of rotatable bonds is 9. The maximum absolute atomic E-state index is 12.9. The fourth-order valence-electron chi connectivity index (χ4n) is 3.26. The van der Waals surface area contributed by atoms with Crippen molar-refractivity contribution in [2.75, 3.05) is 46.0 Å². The third-order valence-electron chi connectivity index (χ3n) is 4.93. The highest BCUT2D eigenvalue weighted by atomic mass is 16.5. The van der Waals surface area contributed by atoms with E-state index in [9.17, 15) is 4.79 Å². The highest BCUT2D eigenvalue weighted by molar-refractivity contribution is 5.77. The molecule has 1 aliphatic heterocycles. The summed E-state index contributed by atoms with van der Waals surface area (Å²) in [5, 5.41) is 0. The summed E-state index contributed by atoms with van der Waals surface area (Å²) in [7, 11) is 0. The van der Waals surface area contributed by atoms with Crippen molar-refractivity contribution < 1.29 is 14.3 Å². The Balaban J connectivity index is 1.56. The van der Waals surface area contributed by atoms with Gasteiger partial charge in [0.2, 0.25) is 0 Å². The van der Waals surface area contributed by atoms with Crippen molar-refractivity contribution in [1.29, 1.82) is 0 Å². The van der Waals surface area contributed by atoms with Crippen LogP contribution in [-0.2, 0) is 16.1 Å². The van der Waals surface area contributed by atoms with Crippen LogP contribution in [0.4, 0.5) is 0 Å². The summed E-state index contributed by atoms with van der Waals surface area (Å²) in [6, 6.07) is 11.7. The lowest BCUT2D eigenvalue weighted by molar-refractivity contribution is -0.134. The first-order chi connectivity index (χ1) is 13.7. The van der Waals surface area contributed by atoms with E-state index in [4.69, 9.17) is 9.47 Å². The topological polar surface area (TPSA) is 54.9 Å². The molecule has 150 valence electrons. The molecule has 1 aromatic heterocycles. The van der Waals surface area contributed by atoms with E-state index in [1.165, 1.54) is 0 Å². The van der Waals surface area contributed by atoms with Gasteiger partial charge in [0.25, 0.3) is 5.91 Å². The van der Waals surface area contributed by atoms with Crippen LogP contribution in [0, 0.1) is 6.92 Å². The standard InChI is InChI=1S/C22H29N3O3/c1-19-5-2-3-6-21(19)28-18-22(26)25(17-20-7-9-23-10-8-20)12-4-11-24-13-15-27-16-14-24/h2-3,5-10H,4,11-18H2,1H3. The molecule has 3 rings (SSSR count). The quantitative estimate of drug-likeness (QED) is 0.666. The summed E-state index contributed by atoms with van der Waals surface area (Å²) in [5.41, 5.74) is 2.11. The molecule has 0 saturated carbocycles. The van der Waals surface area contributed by atoms with E-state index in [1.54, 1.807) is 12.4 Å². The van der Waals surface area contributed by atoms with Crippen LogP contribution >= 0.6 is 0 Å². The maximum Gasteiger partial charge on any atom is 0.260 e. The zero-order valence-electron chi connectivity index (χ0n) is 16.5. The molecule has 1 saturated heterocycles. The van der Waals surface area contributed by atoms with Crippen LogP contribution in [-0.4, -0.2) is 66.7 Å². The number of morpholine rings is 1. The van der Waals surface area contributed by atoms with E-state index in [-0.39, 0.29) is 12.5 Å². The van der Waals surface area contributed by atoms with Gasteiger partial charge in [-0.25, -0.2) is 0 Å². The molecule has 0 N–H and O–H groups in total. The van der Waals surface area contributed by atoms with Crippen molar-refractivity contribution in [3.8, 4) is 5.75 Å². The van der Waals surface area contributed by atoms with Gasteiger partial charge in [0.15, 0.2) is 6.61 Å². The van der Waals surface area contributed by atoms with Gasteiger partial charge in [-0.15, -0.1) is 0 Å². The smallest absolute Gasteiger partial charge is 0.260 e. The second kappa shape index (κ2) is 10.8. The Morgan fingerprint density at radius 3 is 2.68 bits per heavy atom. The molecule has 1 aromatic carbocycles. The molecule has 6 nitrogen and oxygen atoms in total. The van der Waals surface area contributed by atoms with Gasteiger partial charge in [-0.05, 0) is 42.7 Å². The first-order valence-corrected chi connectivity index (χ1v) is 9.87. The zero-order valence-corrected chi connectivity index (χ0v) is 16.5. The molecule has 0 aliphatic carbocycles. The summed E-state index contributed by atoms with van der Waals surface area (Å²) in [6.07, 6.45) is 4.45. The number of pyridine rings is 1. The van der Waals surface area contributed by atoms with E-state index in [1.807, 2.05) is 48.2 Å². The number of aromatic nitrogens is 1. The van der Waals surface area contributed by atoms with Crippen LogP contribution in [0.1, 0.15) is 17.5 Å². The number of carbonyl (C=O) groups is 1. The van der Waals surface area contributed by atoms with E-state index >= 15 is 0 Å². The first-order valence-electron chi connectivity index (χ1n) is 9.87. The minimum absolute atomic E-state index is 0.00189. The number of aryl methyl sites for hydroxylation is 1. The summed E-state index contributed by atoms with van der Waals surface area (Å²) >= 11 is 0. The van der Waals surface area contributed by atoms with Crippen molar-refractivity contribution >= 4 is 5.91 Å². The number of para-hydroxylation sites is 1. The molecular weight excluding hydrogens is 354 g/mol. The number of benzene rings is 1. The number of amides is 1. The lowest BCUT2D eigenvalue weighted by Gasteiger charge is -2.28. The molecule has 6 heteroatoms. The third-order valence-corrected chi connectivity index (χ3v) is 4.93. The summed E-state index contributed by atoms with van der Waals surface area (Å²) in [4.78, 5) is 21.2. The maximum atomic E-state index is 12.9. The zero-order chi connectivity index (χ0) is 19.6. The number of ether oxygens (including phenoxy) is 2. The Kier molecular flexibility index (Phi) is 7.82. The SMILES string of the molecule is Cc1ccccc1OCC(=O)N(CCCN1CCOCC1)Cc1ccncc1. The van der Waals surface area contributed by atoms with Gasteiger partial charge in [-0.3, -0.25) is 14.7 Å². The normalized spacial score (nSPS) is 14.6. The molecule has 0 radical (unpaired) electrons. The predicted molar refractivity (Wildman–Crippen MR) is 108 cm³/mol. The van der Waals surface area contributed by atoms with Crippen LogP contribution in [0.25, 0.3) is 0 Å². The summed E-state index contributed by atoms with van der Waals surface area (Å²) in [5.74, 6) is 0.759. The monoisotopic (exact) mass is 383 g/mol. The van der Waals surface area contributed by atoms with E-state index in [0.717, 1.165) is 56.1 Å². The van der Waals surface area contributed by atoms with Crippen molar-refractivity contribution in [1.82, 2.24) is 14.8 Å². The number of hydrogen-bond acceptors (Lipinski definition) is 5.